The molecule has 0 saturated carbocycles. The van der Waals surface area contributed by atoms with E-state index < -0.39 is 23.5 Å². The zero-order valence-corrected chi connectivity index (χ0v) is 12.8. The SMILES string of the molecule is COC(=O)c1cc(C(=O)OC)c2c(n1)C(=O)C(=O)c1ccccc1-2. The standard InChI is InChI=1S/C17H11NO6/c1-23-16(21)10-7-11(17(22)24-2)18-13-12(10)8-5-3-4-6-9(8)14(19)15(13)20/h3-7H,1-2H3. The second-order valence-electron chi connectivity index (χ2n) is 4.97. The molecule has 0 saturated heterocycles. The molecule has 0 unspecified atom stereocenters. The number of methoxy groups -OCH3 is 2. The van der Waals surface area contributed by atoms with Crippen LogP contribution in [0.4, 0.5) is 0 Å². The summed E-state index contributed by atoms with van der Waals surface area (Å²) in [6, 6.07) is 7.57. The fourth-order valence-electron chi connectivity index (χ4n) is 2.59. The van der Waals surface area contributed by atoms with Crippen molar-refractivity contribution in [2.45, 2.75) is 0 Å². The third-order valence-corrected chi connectivity index (χ3v) is 3.68. The van der Waals surface area contributed by atoms with Crippen molar-refractivity contribution in [1.82, 2.24) is 4.98 Å². The Kier molecular flexibility index (Phi) is 3.69. The second-order valence-corrected chi connectivity index (χ2v) is 4.97. The Morgan fingerprint density at radius 1 is 0.917 bits per heavy atom. The quantitative estimate of drug-likeness (QED) is 0.612. The Bertz CT molecular complexity index is 915. The first-order valence-electron chi connectivity index (χ1n) is 6.89. The van der Waals surface area contributed by atoms with Gasteiger partial charge in [0, 0.05) is 11.1 Å². The van der Waals surface area contributed by atoms with Crippen molar-refractivity contribution in [2.75, 3.05) is 14.2 Å². The van der Waals surface area contributed by atoms with E-state index in [9.17, 15) is 19.2 Å². The zero-order valence-electron chi connectivity index (χ0n) is 12.8. The Morgan fingerprint density at radius 3 is 2.17 bits per heavy atom. The smallest absolute Gasteiger partial charge is 0.356 e. The van der Waals surface area contributed by atoms with E-state index in [1.54, 1.807) is 18.2 Å². The summed E-state index contributed by atoms with van der Waals surface area (Å²) in [6.07, 6.45) is 0. The number of carbonyl (C=O) groups excluding carboxylic acids is 4. The maximum atomic E-state index is 12.4. The number of fused-ring (bicyclic) bond motifs is 3. The van der Waals surface area contributed by atoms with Crippen LogP contribution < -0.4 is 0 Å². The molecule has 0 atom stereocenters. The van der Waals surface area contributed by atoms with Gasteiger partial charge < -0.3 is 9.47 Å². The third-order valence-electron chi connectivity index (χ3n) is 3.68. The van der Waals surface area contributed by atoms with Crippen LogP contribution in [-0.2, 0) is 9.47 Å². The summed E-state index contributed by atoms with van der Waals surface area (Å²) in [5, 5.41) is 0. The first-order chi connectivity index (χ1) is 11.5. The van der Waals surface area contributed by atoms with Crippen molar-refractivity contribution in [3.63, 3.8) is 0 Å². The number of aromatic nitrogens is 1. The van der Waals surface area contributed by atoms with Gasteiger partial charge in [-0.15, -0.1) is 0 Å². The summed E-state index contributed by atoms with van der Waals surface area (Å²) < 4.78 is 9.31. The first-order valence-corrected chi connectivity index (χ1v) is 6.89. The summed E-state index contributed by atoms with van der Waals surface area (Å²) in [4.78, 5) is 52.5. The molecule has 0 radical (unpaired) electrons. The van der Waals surface area contributed by atoms with E-state index in [0.717, 1.165) is 7.11 Å². The molecule has 3 rings (SSSR count). The van der Waals surface area contributed by atoms with Crippen molar-refractivity contribution in [1.29, 1.82) is 0 Å². The molecule has 24 heavy (non-hydrogen) atoms. The van der Waals surface area contributed by atoms with Crippen LogP contribution in [0.2, 0.25) is 0 Å². The van der Waals surface area contributed by atoms with E-state index in [4.69, 9.17) is 4.74 Å². The molecule has 1 aromatic heterocycles. The van der Waals surface area contributed by atoms with Crippen molar-refractivity contribution in [2.24, 2.45) is 0 Å². The molecule has 1 aromatic carbocycles. The third kappa shape index (κ3) is 2.18. The van der Waals surface area contributed by atoms with E-state index in [-0.39, 0.29) is 28.1 Å². The van der Waals surface area contributed by atoms with Gasteiger partial charge in [0.15, 0.2) is 0 Å². The molecule has 0 aliphatic heterocycles. The molecule has 0 amide bonds. The lowest BCUT2D eigenvalue weighted by Crippen LogP contribution is -2.26. The molecule has 7 heteroatoms. The van der Waals surface area contributed by atoms with E-state index in [1.807, 2.05) is 0 Å². The molecule has 1 aliphatic carbocycles. The normalized spacial score (nSPS) is 12.2. The Morgan fingerprint density at radius 2 is 1.54 bits per heavy atom. The predicted molar refractivity (Wildman–Crippen MR) is 81.0 cm³/mol. The minimum absolute atomic E-state index is 0.0313. The van der Waals surface area contributed by atoms with Crippen molar-refractivity contribution >= 4 is 23.5 Å². The van der Waals surface area contributed by atoms with E-state index in [0.29, 0.717) is 5.56 Å². The lowest BCUT2D eigenvalue weighted by molar-refractivity contribution is 0.0592. The van der Waals surface area contributed by atoms with Gasteiger partial charge in [-0.1, -0.05) is 24.3 Å². The van der Waals surface area contributed by atoms with Gasteiger partial charge in [-0.05, 0) is 11.6 Å². The summed E-state index contributed by atoms with van der Waals surface area (Å²) in [5.74, 6) is -3.22. The van der Waals surface area contributed by atoms with Crippen molar-refractivity contribution in [3.05, 3.63) is 52.8 Å². The van der Waals surface area contributed by atoms with Gasteiger partial charge in [0.05, 0.1) is 19.8 Å². The number of rotatable bonds is 2. The highest BCUT2D eigenvalue weighted by Gasteiger charge is 2.36. The number of hydrogen-bond acceptors (Lipinski definition) is 7. The minimum Gasteiger partial charge on any atom is -0.465 e. The van der Waals surface area contributed by atoms with E-state index >= 15 is 0 Å². The summed E-state index contributed by atoms with van der Waals surface area (Å²) in [6.45, 7) is 0. The minimum atomic E-state index is -0.889. The number of ketones is 2. The number of nitrogens with zero attached hydrogens (tertiary/aromatic N) is 1. The molecule has 1 aliphatic rings. The molecule has 0 spiro atoms. The molecule has 1 heterocycles. The Hall–Kier alpha value is -3.35. The Labute approximate surface area is 136 Å². The molecular formula is C17H11NO6. The lowest BCUT2D eigenvalue weighted by Gasteiger charge is -2.20. The van der Waals surface area contributed by atoms with Gasteiger partial charge in [0.25, 0.3) is 5.78 Å². The lowest BCUT2D eigenvalue weighted by atomic mass is 9.84. The van der Waals surface area contributed by atoms with E-state index in [2.05, 4.69) is 9.72 Å². The van der Waals surface area contributed by atoms with Gasteiger partial charge in [-0.3, -0.25) is 9.59 Å². The molecule has 120 valence electrons. The molecule has 2 aromatic rings. The number of esters is 2. The molecular weight excluding hydrogens is 314 g/mol. The van der Waals surface area contributed by atoms with Gasteiger partial charge in [0.1, 0.15) is 11.4 Å². The van der Waals surface area contributed by atoms with Gasteiger partial charge in [-0.2, -0.15) is 0 Å². The first kappa shape index (κ1) is 15.5. The van der Waals surface area contributed by atoms with Crippen LogP contribution in [0.5, 0.6) is 0 Å². The molecule has 7 nitrogen and oxygen atoms in total. The maximum absolute atomic E-state index is 12.4. The van der Waals surface area contributed by atoms with Crippen LogP contribution in [-0.4, -0.2) is 42.7 Å². The number of benzene rings is 1. The van der Waals surface area contributed by atoms with Crippen LogP contribution in [0, 0.1) is 0 Å². The van der Waals surface area contributed by atoms with Crippen LogP contribution in [0.3, 0.4) is 0 Å². The summed E-state index contributed by atoms with van der Waals surface area (Å²) in [7, 11) is 2.32. The fourth-order valence-corrected chi connectivity index (χ4v) is 2.59. The van der Waals surface area contributed by atoms with Crippen molar-refractivity contribution in [3.8, 4) is 11.1 Å². The molecule has 0 bridgehead atoms. The van der Waals surface area contributed by atoms with Gasteiger partial charge in [-0.25, -0.2) is 14.6 Å². The highest BCUT2D eigenvalue weighted by molar-refractivity contribution is 6.52. The molecule has 0 N–H and O–H groups in total. The van der Waals surface area contributed by atoms with Crippen molar-refractivity contribution < 1.29 is 28.7 Å². The average Bonchev–Trinajstić information content (AvgIpc) is 2.63. The highest BCUT2D eigenvalue weighted by Crippen LogP contribution is 2.36. The van der Waals surface area contributed by atoms with Crippen LogP contribution in [0.15, 0.2) is 30.3 Å². The number of carbonyl (C=O) groups is 4. The average molecular weight is 325 g/mol. The summed E-state index contributed by atoms with van der Waals surface area (Å²) >= 11 is 0. The zero-order chi connectivity index (χ0) is 17.4. The Balaban J connectivity index is 2.41. The number of ether oxygens (including phenoxy) is 2. The van der Waals surface area contributed by atoms with Crippen LogP contribution >= 0.6 is 0 Å². The topological polar surface area (TPSA) is 99.6 Å². The van der Waals surface area contributed by atoms with Crippen LogP contribution in [0.1, 0.15) is 41.7 Å². The second kappa shape index (κ2) is 5.69. The summed E-state index contributed by atoms with van der Waals surface area (Å²) in [5.41, 5.74) is 0.194. The number of hydrogen-bond donors (Lipinski definition) is 0. The highest BCUT2D eigenvalue weighted by atomic mass is 16.5. The fraction of sp³-hybridized carbons (Fsp3) is 0.118. The number of Topliss-reactive ketones (excluding diaryl/α,β-unsaturated/α-hetero) is 2. The number of pyridine rings is 1. The molecule has 0 fully saturated rings. The van der Waals surface area contributed by atoms with Gasteiger partial charge in [0.2, 0.25) is 5.78 Å². The monoisotopic (exact) mass is 325 g/mol. The van der Waals surface area contributed by atoms with Crippen LogP contribution in [0.25, 0.3) is 11.1 Å². The largest absolute Gasteiger partial charge is 0.465 e. The van der Waals surface area contributed by atoms with Gasteiger partial charge >= 0.3 is 11.9 Å². The van der Waals surface area contributed by atoms with E-state index in [1.165, 1.54) is 19.2 Å². The predicted octanol–water partition coefficient (Wildman–Crippen LogP) is 1.70. The maximum Gasteiger partial charge on any atom is 0.356 e.